The van der Waals surface area contributed by atoms with Gasteiger partial charge in [0.1, 0.15) is 0 Å². The van der Waals surface area contributed by atoms with Crippen molar-refractivity contribution in [3.63, 3.8) is 0 Å². The maximum Gasteiger partial charge on any atom is 0.261 e. The van der Waals surface area contributed by atoms with Gasteiger partial charge in [-0.1, -0.05) is 6.42 Å². The minimum Gasteiger partial charge on any atom is -0.250 e. The highest BCUT2D eigenvalue weighted by Gasteiger charge is 2.67. The monoisotopic (exact) mass is 201 g/mol. The molecule has 3 aliphatic rings. The first-order chi connectivity index (χ1) is 6.15. The molecule has 0 aromatic heterocycles. The maximum absolute atomic E-state index is 11.4. The maximum atomic E-state index is 11.4. The van der Waals surface area contributed by atoms with Crippen LogP contribution in [0.25, 0.3) is 0 Å². The first kappa shape index (κ1) is 7.96. The molecule has 0 aromatic rings. The summed E-state index contributed by atoms with van der Waals surface area (Å²) in [6.07, 6.45) is 5.02. The van der Waals surface area contributed by atoms with Crippen molar-refractivity contribution in [2.24, 2.45) is 0 Å². The highest BCUT2D eigenvalue weighted by atomic mass is 32.2. The summed E-state index contributed by atoms with van der Waals surface area (Å²) in [5, 5.41) is 1.39. The van der Waals surface area contributed by atoms with E-state index in [1.165, 1.54) is 16.3 Å². The van der Waals surface area contributed by atoms with Crippen molar-refractivity contribution in [3.05, 3.63) is 11.0 Å². The first-order valence-corrected chi connectivity index (χ1v) is 6.11. The molecule has 72 valence electrons. The van der Waals surface area contributed by atoms with Crippen LogP contribution in [0.5, 0.6) is 0 Å². The molecule has 0 radical (unpaired) electrons. The highest BCUT2D eigenvalue weighted by molar-refractivity contribution is 7.92. The van der Waals surface area contributed by atoms with Crippen molar-refractivity contribution in [3.8, 4) is 0 Å². The zero-order valence-corrected chi connectivity index (χ0v) is 8.01. The third-order valence-electron chi connectivity index (χ3n) is 2.98. The number of hydroxylamine groups is 1. The molecule has 0 amide bonds. The molecule has 5 heteroatoms. The Kier molecular flexibility index (Phi) is 1.32. The Balaban J connectivity index is 2.07. The summed E-state index contributed by atoms with van der Waals surface area (Å²) in [4.78, 5) is 5.22. The number of rotatable bonds is 0. The molecule has 2 fully saturated rings. The quantitative estimate of drug-likeness (QED) is 0.552. The van der Waals surface area contributed by atoms with E-state index in [-0.39, 0.29) is 0 Å². The van der Waals surface area contributed by atoms with Crippen molar-refractivity contribution in [2.75, 3.05) is 0 Å². The molecule has 1 aliphatic carbocycles. The molecule has 1 saturated heterocycles. The van der Waals surface area contributed by atoms with Gasteiger partial charge in [0.05, 0.1) is 5.41 Å². The molecular formula is C8H11NO3S. The summed E-state index contributed by atoms with van der Waals surface area (Å²) in [7, 11) is -3.21. The number of sulfonamides is 1. The van der Waals surface area contributed by atoms with Crippen molar-refractivity contribution in [2.45, 2.75) is 37.8 Å². The molecule has 2 heterocycles. The zero-order valence-electron chi connectivity index (χ0n) is 7.19. The number of nitrogens with zero attached hydrogens (tertiary/aromatic N) is 1. The minimum absolute atomic E-state index is 0.519. The van der Waals surface area contributed by atoms with Crippen LogP contribution in [0.3, 0.4) is 0 Å². The van der Waals surface area contributed by atoms with Crippen LogP contribution in [0.1, 0.15) is 32.1 Å². The largest absolute Gasteiger partial charge is 0.261 e. The van der Waals surface area contributed by atoms with E-state index in [0.29, 0.717) is 0 Å². The fourth-order valence-electron chi connectivity index (χ4n) is 2.28. The van der Waals surface area contributed by atoms with Gasteiger partial charge in [-0.05, 0) is 35.7 Å². The first-order valence-electron chi connectivity index (χ1n) is 4.61. The van der Waals surface area contributed by atoms with Crippen molar-refractivity contribution >= 4 is 10.0 Å². The predicted octanol–water partition coefficient (Wildman–Crippen LogP) is 1.12. The van der Waals surface area contributed by atoms with Gasteiger partial charge in [0, 0.05) is 0 Å². The third kappa shape index (κ3) is 0.895. The van der Waals surface area contributed by atoms with E-state index >= 15 is 0 Å². The normalized spacial score (nSPS) is 45.8. The van der Waals surface area contributed by atoms with Crippen LogP contribution in [0.4, 0.5) is 0 Å². The van der Waals surface area contributed by atoms with E-state index < -0.39 is 15.7 Å². The second-order valence-electron chi connectivity index (χ2n) is 3.85. The van der Waals surface area contributed by atoms with Crippen LogP contribution in [0.15, 0.2) is 11.0 Å². The van der Waals surface area contributed by atoms with Crippen LogP contribution in [0.2, 0.25) is 0 Å². The fraction of sp³-hybridized carbons (Fsp3) is 0.750. The Morgan fingerprint density at radius 2 is 2.23 bits per heavy atom. The predicted molar refractivity (Wildman–Crippen MR) is 45.7 cm³/mol. The average molecular weight is 201 g/mol. The summed E-state index contributed by atoms with van der Waals surface area (Å²) >= 11 is 0. The van der Waals surface area contributed by atoms with Gasteiger partial charge in [0.25, 0.3) is 10.0 Å². The second-order valence-corrected chi connectivity index (χ2v) is 5.45. The van der Waals surface area contributed by atoms with Gasteiger partial charge in [-0.15, -0.1) is 0 Å². The second kappa shape index (κ2) is 2.16. The molecule has 1 spiro atoms. The molecule has 0 bridgehead atoms. The SMILES string of the molecule is O=S1(=O)C=C2CCCCCC23ON31. The Morgan fingerprint density at radius 3 is 3.00 bits per heavy atom. The van der Waals surface area contributed by atoms with Crippen LogP contribution < -0.4 is 0 Å². The van der Waals surface area contributed by atoms with Gasteiger partial charge in [-0.3, -0.25) is 4.84 Å². The van der Waals surface area contributed by atoms with E-state index in [4.69, 9.17) is 4.84 Å². The van der Waals surface area contributed by atoms with Crippen LogP contribution in [-0.2, 0) is 14.9 Å². The van der Waals surface area contributed by atoms with E-state index in [0.717, 1.165) is 31.3 Å². The smallest absolute Gasteiger partial charge is 0.250 e. The Hall–Kier alpha value is -0.390. The minimum atomic E-state index is -3.21. The molecule has 0 aromatic carbocycles. The molecule has 2 unspecified atom stereocenters. The van der Waals surface area contributed by atoms with Gasteiger partial charge in [0.2, 0.25) is 5.72 Å². The standard InChI is InChI=1S/C8H11NO3S/c10-13(11)6-7-4-2-1-3-5-8(7)9(13)12-8/h6H,1-5H2. The van der Waals surface area contributed by atoms with Crippen molar-refractivity contribution < 1.29 is 13.3 Å². The number of hydrogen-bond acceptors (Lipinski definition) is 3. The van der Waals surface area contributed by atoms with Gasteiger partial charge >= 0.3 is 0 Å². The lowest BCUT2D eigenvalue weighted by molar-refractivity contribution is 0.257. The van der Waals surface area contributed by atoms with E-state index in [2.05, 4.69) is 0 Å². The summed E-state index contributed by atoms with van der Waals surface area (Å²) in [5.41, 5.74) is 0.444. The lowest BCUT2D eigenvalue weighted by atomic mass is 10.0. The van der Waals surface area contributed by atoms with E-state index in [1.54, 1.807) is 0 Å². The van der Waals surface area contributed by atoms with Gasteiger partial charge in [0.15, 0.2) is 0 Å². The van der Waals surface area contributed by atoms with Gasteiger partial charge in [-0.25, -0.2) is 8.42 Å². The average Bonchev–Trinajstić information content (AvgIpc) is 2.77. The Bertz CT molecular complexity index is 386. The molecule has 1 saturated carbocycles. The van der Waals surface area contributed by atoms with Crippen molar-refractivity contribution in [1.29, 1.82) is 0 Å². The highest BCUT2D eigenvalue weighted by Crippen LogP contribution is 2.55. The lowest BCUT2D eigenvalue weighted by Gasteiger charge is -2.03. The summed E-state index contributed by atoms with van der Waals surface area (Å²) in [6, 6.07) is 0. The van der Waals surface area contributed by atoms with Gasteiger partial charge in [-0.2, -0.15) is 0 Å². The van der Waals surface area contributed by atoms with E-state index in [1.807, 2.05) is 0 Å². The molecule has 2 atom stereocenters. The topological polar surface area (TPSA) is 49.7 Å². The summed E-state index contributed by atoms with van der Waals surface area (Å²) in [6.45, 7) is 0. The molecule has 4 nitrogen and oxygen atoms in total. The molecular weight excluding hydrogens is 190 g/mol. The van der Waals surface area contributed by atoms with Crippen LogP contribution in [0, 0.1) is 0 Å². The molecule has 2 aliphatic heterocycles. The van der Waals surface area contributed by atoms with Crippen molar-refractivity contribution in [1.82, 2.24) is 4.47 Å². The third-order valence-corrected chi connectivity index (χ3v) is 4.40. The molecule has 3 rings (SSSR count). The lowest BCUT2D eigenvalue weighted by Crippen LogP contribution is -2.16. The zero-order chi connectivity index (χ0) is 9.10. The van der Waals surface area contributed by atoms with Gasteiger partial charge < -0.3 is 0 Å². The fourth-order valence-corrected chi connectivity index (χ4v) is 3.88. The summed E-state index contributed by atoms with van der Waals surface area (Å²) < 4.78 is 24.0. The van der Waals surface area contributed by atoms with Crippen LogP contribution in [-0.4, -0.2) is 18.6 Å². The molecule has 13 heavy (non-hydrogen) atoms. The Labute approximate surface area is 77.2 Å². The summed E-state index contributed by atoms with van der Waals surface area (Å²) in [5.74, 6) is 0. The Morgan fingerprint density at radius 1 is 1.38 bits per heavy atom. The number of hydrogen-bond donors (Lipinski definition) is 0. The molecule has 0 N–H and O–H groups in total. The van der Waals surface area contributed by atoms with E-state index in [9.17, 15) is 8.42 Å². The van der Waals surface area contributed by atoms with Crippen LogP contribution >= 0.6 is 0 Å².